The molecule has 100 valence electrons. The highest BCUT2D eigenvalue weighted by molar-refractivity contribution is 8.04. The SMILES string of the molecule is O=C(O)Cc1cccc(CCSC2=CCCC2=O)c1. The lowest BCUT2D eigenvalue weighted by Gasteiger charge is -2.04. The number of carbonyl (C=O) groups is 2. The number of carboxylic acid groups (broad SMARTS) is 1. The van der Waals surface area contributed by atoms with Crippen molar-refractivity contribution in [2.24, 2.45) is 0 Å². The van der Waals surface area contributed by atoms with Crippen molar-refractivity contribution in [3.05, 3.63) is 46.4 Å². The number of Topliss-reactive ketones (excluding diaryl/α,β-unsaturated/α-hetero) is 1. The number of aryl methyl sites for hydroxylation is 1. The lowest BCUT2D eigenvalue weighted by Crippen LogP contribution is -2.01. The number of benzene rings is 1. The van der Waals surface area contributed by atoms with Gasteiger partial charge < -0.3 is 5.11 Å². The van der Waals surface area contributed by atoms with Gasteiger partial charge in [-0.05, 0) is 24.0 Å². The number of rotatable bonds is 6. The second-order valence-electron chi connectivity index (χ2n) is 4.52. The van der Waals surface area contributed by atoms with Gasteiger partial charge in [0.2, 0.25) is 0 Å². The van der Waals surface area contributed by atoms with Crippen molar-refractivity contribution < 1.29 is 14.7 Å². The van der Waals surface area contributed by atoms with Crippen LogP contribution in [0.25, 0.3) is 0 Å². The molecule has 0 unspecified atom stereocenters. The molecule has 0 aliphatic heterocycles. The van der Waals surface area contributed by atoms with Crippen molar-refractivity contribution >= 4 is 23.5 Å². The van der Waals surface area contributed by atoms with Crippen LogP contribution in [0.4, 0.5) is 0 Å². The van der Waals surface area contributed by atoms with Crippen molar-refractivity contribution in [1.29, 1.82) is 0 Å². The molecule has 2 rings (SSSR count). The molecule has 0 spiro atoms. The Morgan fingerprint density at radius 1 is 1.32 bits per heavy atom. The number of hydrogen-bond donors (Lipinski definition) is 1. The summed E-state index contributed by atoms with van der Waals surface area (Å²) in [6.45, 7) is 0. The van der Waals surface area contributed by atoms with Gasteiger partial charge in [-0.1, -0.05) is 30.3 Å². The van der Waals surface area contributed by atoms with E-state index in [1.807, 2.05) is 30.3 Å². The summed E-state index contributed by atoms with van der Waals surface area (Å²) < 4.78 is 0. The molecule has 19 heavy (non-hydrogen) atoms. The van der Waals surface area contributed by atoms with Gasteiger partial charge in [0.15, 0.2) is 5.78 Å². The minimum atomic E-state index is -0.812. The molecule has 1 aromatic rings. The zero-order valence-electron chi connectivity index (χ0n) is 10.6. The highest BCUT2D eigenvalue weighted by Gasteiger charge is 2.14. The van der Waals surface area contributed by atoms with Crippen molar-refractivity contribution in [2.75, 3.05) is 5.75 Å². The summed E-state index contributed by atoms with van der Waals surface area (Å²) in [6, 6.07) is 7.64. The van der Waals surface area contributed by atoms with E-state index in [2.05, 4.69) is 0 Å². The van der Waals surface area contributed by atoms with E-state index in [-0.39, 0.29) is 12.2 Å². The van der Waals surface area contributed by atoms with E-state index in [1.54, 1.807) is 11.8 Å². The van der Waals surface area contributed by atoms with Crippen LogP contribution in [-0.2, 0) is 22.4 Å². The molecule has 0 fully saturated rings. The van der Waals surface area contributed by atoms with Gasteiger partial charge in [-0.15, -0.1) is 11.8 Å². The van der Waals surface area contributed by atoms with E-state index in [0.717, 1.165) is 34.6 Å². The summed E-state index contributed by atoms with van der Waals surface area (Å²) >= 11 is 1.60. The normalized spacial score (nSPS) is 14.5. The third-order valence-electron chi connectivity index (χ3n) is 2.97. The second-order valence-corrected chi connectivity index (χ2v) is 5.66. The van der Waals surface area contributed by atoms with Crippen LogP contribution in [0.2, 0.25) is 0 Å². The molecule has 1 aliphatic rings. The third-order valence-corrected chi connectivity index (χ3v) is 4.08. The quantitative estimate of drug-likeness (QED) is 0.868. The van der Waals surface area contributed by atoms with E-state index in [0.29, 0.717) is 6.42 Å². The fraction of sp³-hybridized carbons (Fsp3) is 0.333. The Balaban J connectivity index is 1.85. The predicted molar refractivity (Wildman–Crippen MR) is 76.3 cm³/mol. The van der Waals surface area contributed by atoms with Crippen LogP contribution >= 0.6 is 11.8 Å². The minimum Gasteiger partial charge on any atom is -0.481 e. The molecule has 0 saturated carbocycles. The van der Waals surface area contributed by atoms with Crippen molar-refractivity contribution in [2.45, 2.75) is 25.7 Å². The highest BCUT2D eigenvalue weighted by atomic mass is 32.2. The predicted octanol–water partition coefficient (Wildman–Crippen LogP) is 2.84. The van der Waals surface area contributed by atoms with Gasteiger partial charge in [0.05, 0.1) is 6.42 Å². The second kappa shape index (κ2) is 6.57. The number of thioether (sulfide) groups is 1. The highest BCUT2D eigenvalue weighted by Crippen LogP contribution is 2.26. The van der Waals surface area contributed by atoms with Crippen LogP contribution in [0.3, 0.4) is 0 Å². The van der Waals surface area contributed by atoms with Gasteiger partial charge in [0.25, 0.3) is 0 Å². The summed E-state index contributed by atoms with van der Waals surface area (Å²) in [5, 5.41) is 8.76. The van der Waals surface area contributed by atoms with Crippen LogP contribution in [0.1, 0.15) is 24.0 Å². The summed E-state index contributed by atoms with van der Waals surface area (Å²) in [5.74, 6) is 0.298. The molecule has 0 amide bonds. The Bertz CT molecular complexity index is 520. The molecule has 3 nitrogen and oxygen atoms in total. The van der Waals surface area contributed by atoms with Crippen LogP contribution in [0.5, 0.6) is 0 Å². The minimum absolute atomic E-state index is 0.0601. The standard InChI is InChI=1S/C15H16O3S/c16-13-5-2-6-14(13)19-8-7-11-3-1-4-12(9-11)10-15(17)18/h1,3-4,6,9H,2,5,7-8,10H2,(H,17,18). The van der Waals surface area contributed by atoms with Gasteiger partial charge in [-0.3, -0.25) is 9.59 Å². The van der Waals surface area contributed by atoms with Gasteiger partial charge in [0, 0.05) is 17.1 Å². The van der Waals surface area contributed by atoms with Crippen LogP contribution in [0.15, 0.2) is 35.2 Å². The van der Waals surface area contributed by atoms with Crippen LogP contribution in [0, 0.1) is 0 Å². The summed E-state index contributed by atoms with van der Waals surface area (Å²) in [7, 11) is 0. The monoisotopic (exact) mass is 276 g/mol. The molecule has 0 atom stereocenters. The zero-order valence-corrected chi connectivity index (χ0v) is 11.4. The molecular formula is C15H16O3S. The van der Waals surface area contributed by atoms with Gasteiger partial charge in [-0.2, -0.15) is 0 Å². The Labute approximate surface area is 116 Å². The average Bonchev–Trinajstić information content (AvgIpc) is 2.75. The molecule has 4 heteroatoms. The number of allylic oxidation sites excluding steroid dienone is 2. The van der Waals surface area contributed by atoms with Crippen molar-refractivity contribution in [1.82, 2.24) is 0 Å². The Hall–Kier alpha value is -1.55. The van der Waals surface area contributed by atoms with Crippen molar-refractivity contribution in [3.63, 3.8) is 0 Å². The molecule has 0 saturated heterocycles. The first-order valence-electron chi connectivity index (χ1n) is 6.31. The van der Waals surface area contributed by atoms with E-state index in [9.17, 15) is 9.59 Å². The Kier molecular flexibility index (Phi) is 4.80. The maximum atomic E-state index is 11.4. The molecule has 1 aliphatic carbocycles. The molecule has 0 bridgehead atoms. The first-order valence-corrected chi connectivity index (χ1v) is 7.29. The van der Waals surface area contributed by atoms with E-state index >= 15 is 0 Å². The molecule has 0 radical (unpaired) electrons. The van der Waals surface area contributed by atoms with Gasteiger partial charge in [-0.25, -0.2) is 0 Å². The molecule has 0 aromatic heterocycles. The Morgan fingerprint density at radius 2 is 2.11 bits per heavy atom. The fourth-order valence-electron chi connectivity index (χ4n) is 2.06. The first-order chi connectivity index (χ1) is 9.15. The average molecular weight is 276 g/mol. The maximum Gasteiger partial charge on any atom is 0.307 e. The number of carboxylic acids is 1. The number of ketones is 1. The molecular weight excluding hydrogens is 260 g/mol. The summed E-state index contributed by atoms with van der Waals surface area (Å²) in [6.07, 6.45) is 4.44. The van der Waals surface area contributed by atoms with Crippen LogP contribution < -0.4 is 0 Å². The van der Waals surface area contributed by atoms with E-state index < -0.39 is 5.97 Å². The fourth-order valence-corrected chi connectivity index (χ4v) is 3.12. The van der Waals surface area contributed by atoms with Gasteiger partial charge in [0.1, 0.15) is 0 Å². The lowest BCUT2D eigenvalue weighted by atomic mass is 10.1. The molecule has 0 heterocycles. The third kappa shape index (κ3) is 4.24. The molecule has 1 N–H and O–H groups in total. The summed E-state index contributed by atoms with van der Waals surface area (Å²) in [5.41, 5.74) is 1.95. The van der Waals surface area contributed by atoms with E-state index in [1.165, 1.54) is 0 Å². The Morgan fingerprint density at radius 3 is 2.79 bits per heavy atom. The number of hydrogen-bond acceptors (Lipinski definition) is 3. The lowest BCUT2D eigenvalue weighted by molar-refractivity contribution is -0.136. The van der Waals surface area contributed by atoms with Crippen molar-refractivity contribution in [3.8, 4) is 0 Å². The first kappa shape index (κ1) is 13.9. The zero-order chi connectivity index (χ0) is 13.7. The van der Waals surface area contributed by atoms with Crippen LogP contribution in [-0.4, -0.2) is 22.6 Å². The largest absolute Gasteiger partial charge is 0.481 e. The maximum absolute atomic E-state index is 11.4. The topological polar surface area (TPSA) is 54.4 Å². The smallest absolute Gasteiger partial charge is 0.307 e. The number of carbonyl (C=O) groups excluding carboxylic acids is 1. The van der Waals surface area contributed by atoms with Gasteiger partial charge >= 0.3 is 5.97 Å². The summed E-state index contributed by atoms with van der Waals surface area (Å²) in [4.78, 5) is 23.0. The van der Waals surface area contributed by atoms with E-state index in [4.69, 9.17) is 5.11 Å². The molecule has 1 aromatic carbocycles. The number of aliphatic carboxylic acids is 1.